The summed E-state index contributed by atoms with van der Waals surface area (Å²) in [4.78, 5) is 0. The first-order valence-corrected chi connectivity index (χ1v) is 5.49. The third-order valence-corrected chi connectivity index (χ3v) is 2.84. The van der Waals surface area contributed by atoms with Gasteiger partial charge in [0, 0.05) is 12.5 Å². The molecule has 1 fully saturated rings. The van der Waals surface area contributed by atoms with E-state index in [-0.39, 0.29) is 0 Å². The molecule has 74 valence electrons. The lowest BCUT2D eigenvalue weighted by molar-refractivity contribution is 0.292. The molecule has 13 heavy (non-hydrogen) atoms. The third kappa shape index (κ3) is 3.83. The van der Waals surface area contributed by atoms with Crippen LogP contribution in [0.2, 0.25) is 0 Å². The summed E-state index contributed by atoms with van der Waals surface area (Å²) in [6, 6.07) is 0.766. The van der Waals surface area contributed by atoms with Gasteiger partial charge in [-0.2, -0.15) is 0 Å². The smallest absolute Gasteiger partial charge is 0.0117 e. The van der Waals surface area contributed by atoms with Crippen molar-refractivity contribution in [1.29, 1.82) is 0 Å². The lowest BCUT2D eigenvalue weighted by atomic mass is 9.84. The van der Waals surface area contributed by atoms with E-state index < -0.39 is 0 Å². The average molecular weight is 179 g/mol. The van der Waals surface area contributed by atoms with Crippen LogP contribution in [0.3, 0.4) is 0 Å². The van der Waals surface area contributed by atoms with Crippen molar-refractivity contribution in [3.63, 3.8) is 0 Å². The highest BCUT2D eigenvalue weighted by molar-refractivity contribution is 4.97. The van der Waals surface area contributed by atoms with Crippen molar-refractivity contribution in [2.24, 2.45) is 5.92 Å². The molecule has 0 radical (unpaired) electrons. The molecule has 1 nitrogen and oxygen atoms in total. The summed E-state index contributed by atoms with van der Waals surface area (Å²) in [5.41, 5.74) is 0. The van der Waals surface area contributed by atoms with Crippen LogP contribution in [0.15, 0.2) is 0 Å². The molecular formula is C12H21N. The van der Waals surface area contributed by atoms with Crippen molar-refractivity contribution in [3.05, 3.63) is 0 Å². The molecule has 0 saturated heterocycles. The second-order valence-corrected chi connectivity index (χ2v) is 3.92. The Balaban J connectivity index is 2.27. The molecule has 1 rings (SSSR count). The van der Waals surface area contributed by atoms with E-state index in [1.165, 1.54) is 25.7 Å². The molecule has 0 bridgehead atoms. The van der Waals surface area contributed by atoms with E-state index in [9.17, 15) is 0 Å². The Morgan fingerprint density at radius 2 is 2.23 bits per heavy atom. The zero-order valence-electron chi connectivity index (χ0n) is 8.90. The maximum Gasteiger partial charge on any atom is 0.0117 e. The van der Waals surface area contributed by atoms with Gasteiger partial charge >= 0.3 is 0 Å². The van der Waals surface area contributed by atoms with Crippen molar-refractivity contribution in [2.45, 2.75) is 52.0 Å². The molecule has 0 aliphatic heterocycles. The van der Waals surface area contributed by atoms with Gasteiger partial charge in [0.25, 0.3) is 0 Å². The zero-order chi connectivity index (χ0) is 9.52. The van der Waals surface area contributed by atoms with Crippen LogP contribution in [0.4, 0.5) is 0 Å². The van der Waals surface area contributed by atoms with E-state index in [0.29, 0.717) is 0 Å². The molecule has 1 aliphatic carbocycles. The van der Waals surface area contributed by atoms with Gasteiger partial charge in [-0.15, -0.1) is 11.8 Å². The summed E-state index contributed by atoms with van der Waals surface area (Å²) in [5.74, 6) is 7.05. The minimum absolute atomic E-state index is 0.766. The lowest BCUT2D eigenvalue weighted by Crippen LogP contribution is -2.33. The Kier molecular flexibility index (Phi) is 4.93. The third-order valence-electron chi connectivity index (χ3n) is 2.84. The lowest BCUT2D eigenvalue weighted by Gasteiger charge is -2.28. The minimum Gasteiger partial charge on any atom is -0.314 e. The Hall–Kier alpha value is -0.480. The largest absolute Gasteiger partial charge is 0.314 e. The molecule has 2 atom stereocenters. The van der Waals surface area contributed by atoms with Crippen molar-refractivity contribution >= 4 is 0 Å². The Morgan fingerprint density at radius 3 is 2.92 bits per heavy atom. The summed E-state index contributed by atoms with van der Waals surface area (Å²) < 4.78 is 0. The van der Waals surface area contributed by atoms with Gasteiger partial charge in [0.05, 0.1) is 0 Å². The van der Waals surface area contributed by atoms with Crippen molar-refractivity contribution in [3.8, 4) is 11.8 Å². The summed E-state index contributed by atoms with van der Waals surface area (Å²) >= 11 is 0. The standard InChI is InChI=1S/C12H21N/c1-3-5-7-11-8-6-9-12(10-11)13-4-2/h11-13H,4,6-10H2,1-2H3. The Labute approximate surface area is 82.3 Å². The van der Waals surface area contributed by atoms with Gasteiger partial charge in [0.2, 0.25) is 0 Å². The normalized spacial score (nSPS) is 27.8. The quantitative estimate of drug-likeness (QED) is 0.657. The van der Waals surface area contributed by atoms with Crippen LogP contribution in [0.5, 0.6) is 0 Å². The summed E-state index contributed by atoms with van der Waals surface area (Å²) in [7, 11) is 0. The fourth-order valence-corrected chi connectivity index (χ4v) is 2.20. The van der Waals surface area contributed by atoms with Gasteiger partial charge in [-0.05, 0) is 38.6 Å². The first kappa shape index (κ1) is 10.6. The van der Waals surface area contributed by atoms with E-state index in [0.717, 1.165) is 24.9 Å². The fourth-order valence-electron chi connectivity index (χ4n) is 2.20. The van der Waals surface area contributed by atoms with E-state index >= 15 is 0 Å². The van der Waals surface area contributed by atoms with Crippen LogP contribution >= 0.6 is 0 Å². The molecule has 0 amide bonds. The highest BCUT2D eigenvalue weighted by atomic mass is 14.9. The number of rotatable bonds is 3. The molecule has 1 saturated carbocycles. The first-order chi connectivity index (χ1) is 6.36. The number of hydrogen-bond acceptors (Lipinski definition) is 1. The van der Waals surface area contributed by atoms with Crippen LogP contribution in [0, 0.1) is 17.8 Å². The Morgan fingerprint density at radius 1 is 1.38 bits per heavy atom. The van der Waals surface area contributed by atoms with Gasteiger partial charge in [0.1, 0.15) is 0 Å². The van der Waals surface area contributed by atoms with Crippen molar-refractivity contribution < 1.29 is 0 Å². The molecule has 0 spiro atoms. The van der Waals surface area contributed by atoms with E-state index in [2.05, 4.69) is 24.1 Å². The highest BCUT2D eigenvalue weighted by Crippen LogP contribution is 2.26. The van der Waals surface area contributed by atoms with Gasteiger partial charge in [-0.1, -0.05) is 13.3 Å². The number of hydrogen-bond donors (Lipinski definition) is 1. The van der Waals surface area contributed by atoms with Crippen LogP contribution in [-0.4, -0.2) is 12.6 Å². The summed E-state index contributed by atoms with van der Waals surface area (Å²) in [6.45, 7) is 5.23. The molecule has 2 unspecified atom stereocenters. The molecule has 0 aromatic heterocycles. The molecule has 0 heterocycles. The topological polar surface area (TPSA) is 12.0 Å². The van der Waals surface area contributed by atoms with Crippen LogP contribution in [-0.2, 0) is 0 Å². The maximum atomic E-state index is 3.54. The predicted octanol–water partition coefficient (Wildman–Crippen LogP) is 2.57. The molecule has 1 aliphatic rings. The first-order valence-electron chi connectivity index (χ1n) is 5.49. The van der Waals surface area contributed by atoms with Crippen molar-refractivity contribution in [2.75, 3.05) is 6.54 Å². The second-order valence-electron chi connectivity index (χ2n) is 3.92. The van der Waals surface area contributed by atoms with Gasteiger partial charge < -0.3 is 5.32 Å². The van der Waals surface area contributed by atoms with Crippen LogP contribution in [0.25, 0.3) is 0 Å². The summed E-state index contributed by atoms with van der Waals surface area (Å²) in [6.07, 6.45) is 6.58. The molecule has 0 aromatic rings. The molecule has 1 N–H and O–H groups in total. The van der Waals surface area contributed by atoms with E-state index in [4.69, 9.17) is 0 Å². The van der Waals surface area contributed by atoms with Crippen LogP contribution in [0.1, 0.15) is 46.0 Å². The van der Waals surface area contributed by atoms with Gasteiger partial charge in [-0.3, -0.25) is 0 Å². The zero-order valence-corrected chi connectivity index (χ0v) is 8.90. The number of nitrogens with one attached hydrogen (secondary N) is 1. The van der Waals surface area contributed by atoms with E-state index in [1.807, 2.05) is 6.92 Å². The second kappa shape index (κ2) is 6.05. The van der Waals surface area contributed by atoms with Gasteiger partial charge in [0.15, 0.2) is 0 Å². The monoisotopic (exact) mass is 179 g/mol. The highest BCUT2D eigenvalue weighted by Gasteiger charge is 2.19. The predicted molar refractivity (Wildman–Crippen MR) is 57.5 cm³/mol. The fraction of sp³-hybridized carbons (Fsp3) is 0.833. The Bertz CT molecular complexity index is 185. The SMILES string of the molecule is CC#CCC1CCCC(NCC)C1. The average Bonchev–Trinajstić information content (AvgIpc) is 2.16. The molecular weight excluding hydrogens is 158 g/mol. The van der Waals surface area contributed by atoms with Gasteiger partial charge in [-0.25, -0.2) is 0 Å². The summed E-state index contributed by atoms with van der Waals surface area (Å²) in [5, 5.41) is 3.54. The van der Waals surface area contributed by atoms with Crippen LogP contribution < -0.4 is 5.32 Å². The molecule has 0 aromatic carbocycles. The maximum absolute atomic E-state index is 3.54. The molecule has 1 heteroatoms. The minimum atomic E-state index is 0.766. The van der Waals surface area contributed by atoms with Crippen molar-refractivity contribution in [1.82, 2.24) is 5.32 Å². The van der Waals surface area contributed by atoms with E-state index in [1.54, 1.807) is 0 Å².